The fourth-order valence-electron chi connectivity index (χ4n) is 1.47. The number of carboxylic acid groups (broad SMARTS) is 1. The summed E-state index contributed by atoms with van der Waals surface area (Å²) in [5.41, 5.74) is 0.691. The second kappa shape index (κ2) is 8.63. The Bertz CT molecular complexity index is 462. The van der Waals surface area contributed by atoms with Crippen molar-refractivity contribution in [2.45, 2.75) is 32.2 Å². The highest BCUT2D eigenvalue weighted by Crippen LogP contribution is 1.99. The number of unbranched alkanes of at least 4 members (excludes halogenated alkanes) is 1. The van der Waals surface area contributed by atoms with Crippen molar-refractivity contribution >= 4 is 17.9 Å². The van der Waals surface area contributed by atoms with E-state index in [1.807, 2.05) is 0 Å². The maximum atomic E-state index is 11.4. The zero-order valence-electron chi connectivity index (χ0n) is 11.0. The minimum Gasteiger partial charge on any atom is -0.481 e. The van der Waals surface area contributed by atoms with Crippen LogP contribution in [0.5, 0.6) is 0 Å². The quantitative estimate of drug-likeness (QED) is 0.646. The smallest absolute Gasteiger partial charge is 0.321 e. The Hall–Kier alpha value is -2.44. The average molecular weight is 279 g/mol. The molecular formula is C13H17N3O4. The van der Waals surface area contributed by atoms with Gasteiger partial charge < -0.3 is 10.4 Å². The summed E-state index contributed by atoms with van der Waals surface area (Å²) in [6, 6.07) is 4.74. The van der Waals surface area contributed by atoms with E-state index < -0.39 is 17.9 Å². The summed E-state index contributed by atoms with van der Waals surface area (Å²) in [5.74, 6) is -1.31. The lowest BCUT2D eigenvalue weighted by Crippen LogP contribution is -2.39. The first-order valence-corrected chi connectivity index (χ1v) is 6.27. The van der Waals surface area contributed by atoms with Gasteiger partial charge >= 0.3 is 12.0 Å². The van der Waals surface area contributed by atoms with Gasteiger partial charge in [0, 0.05) is 19.0 Å². The van der Waals surface area contributed by atoms with Crippen LogP contribution in [-0.4, -0.2) is 28.0 Å². The average Bonchev–Trinajstić information content (AvgIpc) is 2.42. The van der Waals surface area contributed by atoms with E-state index in [9.17, 15) is 14.4 Å². The van der Waals surface area contributed by atoms with Crippen LogP contribution in [0.3, 0.4) is 0 Å². The molecule has 7 heteroatoms. The number of carbonyl (C=O) groups excluding carboxylic acids is 2. The molecule has 0 radical (unpaired) electrons. The number of carbonyl (C=O) groups is 3. The minimum absolute atomic E-state index is 0.0269. The summed E-state index contributed by atoms with van der Waals surface area (Å²) in [6.07, 6.45) is 2.62. The lowest BCUT2D eigenvalue weighted by Gasteiger charge is -2.06. The molecule has 0 unspecified atom stereocenters. The molecule has 20 heavy (non-hydrogen) atoms. The van der Waals surface area contributed by atoms with Gasteiger partial charge in [-0.2, -0.15) is 0 Å². The number of urea groups is 1. The highest BCUT2D eigenvalue weighted by Gasteiger charge is 2.07. The molecule has 0 aliphatic rings. The van der Waals surface area contributed by atoms with Crippen LogP contribution in [0.15, 0.2) is 24.4 Å². The first kappa shape index (κ1) is 15.6. The fraction of sp³-hybridized carbons (Fsp3) is 0.385. The van der Waals surface area contributed by atoms with Crippen LogP contribution in [0.4, 0.5) is 4.79 Å². The molecular weight excluding hydrogens is 262 g/mol. The Kier molecular flexibility index (Phi) is 6.74. The number of nitrogens with zero attached hydrogens (tertiary/aromatic N) is 1. The Morgan fingerprint density at radius 3 is 2.55 bits per heavy atom. The van der Waals surface area contributed by atoms with Crippen molar-refractivity contribution in [2.75, 3.05) is 0 Å². The molecule has 0 saturated carbocycles. The van der Waals surface area contributed by atoms with Crippen molar-refractivity contribution in [3.8, 4) is 0 Å². The third kappa shape index (κ3) is 7.10. The first-order chi connectivity index (χ1) is 9.58. The van der Waals surface area contributed by atoms with E-state index in [2.05, 4.69) is 15.6 Å². The highest BCUT2D eigenvalue weighted by molar-refractivity contribution is 5.94. The Morgan fingerprint density at radius 2 is 1.90 bits per heavy atom. The number of rotatable bonds is 7. The van der Waals surface area contributed by atoms with E-state index >= 15 is 0 Å². The van der Waals surface area contributed by atoms with Gasteiger partial charge in [0.15, 0.2) is 0 Å². The summed E-state index contributed by atoms with van der Waals surface area (Å²) >= 11 is 0. The number of amides is 3. The first-order valence-electron chi connectivity index (χ1n) is 6.27. The standard InChI is InChI=1S/C13H17N3O4/c17-11(6-1-2-7-12(18)19)16-13(20)15-9-10-5-3-4-8-14-10/h3-5,8H,1-2,6-7,9H2,(H,18,19)(H2,15,16,17,20). The molecule has 0 spiro atoms. The minimum atomic E-state index is -0.890. The Labute approximate surface area is 116 Å². The Morgan fingerprint density at radius 1 is 1.15 bits per heavy atom. The normalized spacial score (nSPS) is 9.80. The van der Waals surface area contributed by atoms with Gasteiger partial charge in [0.05, 0.1) is 12.2 Å². The van der Waals surface area contributed by atoms with Crippen molar-refractivity contribution in [3.05, 3.63) is 30.1 Å². The second-order valence-electron chi connectivity index (χ2n) is 4.15. The lowest BCUT2D eigenvalue weighted by molar-refractivity contribution is -0.137. The van der Waals surface area contributed by atoms with Gasteiger partial charge in [-0.25, -0.2) is 4.79 Å². The third-order valence-corrected chi connectivity index (χ3v) is 2.45. The predicted molar refractivity (Wildman–Crippen MR) is 70.7 cm³/mol. The summed E-state index contributed by atoms with van der Waals surface area (Å²) in [5, 5.41) is 13.1. The molecule has 1 aromatic heterocycles. The zero-order chi connectivity index (χ0) is 14.8. The van der Waals surface area contributed by atoms with Gasteiger partial charge in [0.25, 0.3) is 0 Å². The summed E-state index contributed by atoms with van der Waals surface area (Å²) in [7, 11) is 0. The van der Waals surface area contributed by atoms with Crippen molar-refractivity contribution in [2.24, 2.45) is 0 Å². The van der Waals surface area contributed by atoms with Crippen LogP contribution >= 0.6 is 0 Å². The van der Waals surface area contributed by atoms with Crippen LogP contribution in [0, 0.1) is 0 Å². The molecule has 3 amide bonds. The van der Waals surface area contributed by atoms with Crippen LogP contribution in [-0.2, 0) is 16.1 Å². The SMILES string of the molecule is O=C(O)CCCCC(=O)NC(=O)NCc1ccccn1. The number of aliphatic carboxylic acids is 1. The second-order valence-corrected chi connectivity index (χ2v) is 4.15. The molecule has 0 aliphatic heterocycles. The topological polar surface area (TPSA) is 108 Å². The molecule has 0 aromatic carbocycles. The molecule has 0 bridgehead atoms. The van der Waals surface area contributed by atoms with E-state index in [0.717, 1.165) is 0 Å². The number of hydrogen-bond acceptors (Lipinski definition) is 4. The van der Waals surface area contributed by atoms with Crippen LogP contribution < -0.4 is 10.6 Å². The van der Waals surface area contributed by atoms with E-state index in [1.165, 1.54) is 0 Å². The molecule has 0 fully saturated rings. The van der Waals surface area contributed by atoms with Crippen molar-refractivity contribution in [1.29, 1.82) is 0 Å². The predicted octanol–water partition coefficient (Wildman–Crippen LogP) is 1.05. The van der Waals surface area contributed by atoms with Crippen LogP contribution in [0.25, 0.3) is 0 Å². The molecule has 1 heterocycles. The number of nitrogens with one attached hydrogen (secondary N) is 2. The van der Waals surface area contributed by atoms with Gasteiger partial charge in [-0.1, -0.05) is 6.07 Å². The van der Waals surface area contributed by atoms with Crippen LogP contribution in [0.1, 0.15) is 31.4 Å². The molecule has 7 nitrogen and oxygen atoms in total. The number of imide groups is 1. The maximum Gasteiger partial charge on any atom is 0.321 e. The van der Waals surface area contributed by atoms with E-state index in [1.54, 1.807) is 24.4 Å². The Balaban J connectivity index is 2.15. The van der Waals surface area contributed by atoms with E-state index in [0.29, 0.717) is 18.5 Å². The summed E-state index contributed by atoms with van der Waals surface area (Å²) in [6.45, 7) is 0.235. The summed E-state index contributed by atoms with van der Waals surface area (Å²) in [4.78, 5) is 37.1. The van der Waals surface area contributed by atoms with Gasteiger partial charge in [-0.3, -0.25) is 19.9 Å². The molecule has 108 valence electrons. The zero-order valence-corrected chi connectivity index (χ0v) is 11.0. The molecule has 1 rings (SSSR count). The van der Waals surface area contributed by atoms with Gasteiger partial charge in [0.2, 0.25) is 5.91 Å². The highest BCUT2D eigenvalue weighted by atomic mass is 16.4. The van der Waals surface area contributed by atoms with Crippen molar-refractivity contribution < 1.29 is 19.5 Å². The van der Waals surface area contributed by atoms with Crippen molar-refractivity contribution in [3.63, 3.8) is 0 Å². The van der Waals surface area contributed by atoms with Gasteiger partial charge in [-0.15, -0.1) is 0 Å². The number of hydrogen-bond donors (Lipinski definition) is 3. The van der Waals surface area contributed by atoms with E-state index in [4.69, 9.17) is 5.11 Å². The molecule has 0 atom stereocenters. The van der Waals surface area contributed by atoms with E-state index in [-0.39, 0.29) is 19.4 Å². The molecule has 0 aliphatic carbocycles. The third-order valence-electron chi connectivity index (χ3n) is 2.45. The number of aromatic nitrogens is 1. The van der Waals surface area contributed by atoms with Crippen LogP contribution in [0.2, 0.25) is 0 Å². The molecule has 1 aromatic rings. The number of pyridine rings is 1. The van der Waals surface area contributed by atoms with Gasteiger partial charge in [0.1, 0.15) is 0 Å². The number of carboxylic acids is 1. The van der Waals surface area contributed by atoms with Crippen molar-refractivity contribution in [1.82, 2.24) is 15.6 Å². The largest absolute Gasteiger partial charge is 0.481 e. The fourth-order valence-corrected chi connectivity index (χ4v) is 1.47. The lowest BCUT2D eigenvalue weighted by atomic mass is 10.2. The monoisotopic (exact) mass is 279 g/mol. The van der Waals surface area contributed by atoms with Gasteiger partial charge in [-0.05, 0) is 25.0 Å². The molecule has 0 saturated heterocycles. The summed E-state index contributed by atoms with van der Waals surface area (Å²) < 4.78 is 0. The molecule has 3 N–H and O–H groups in total. The maximum absolute atomic E-state index is 11.4.